The predicted molar refractivity (Wildman–Crippen MR) is 74.8 cm³/mol. The van der Waals surface area contributed by atoms with Crippen molar-refractivity contribution in [1.82, 2.24) is 0 Å². The van der Waals surface area contributed by atoms with E-state index in [0.717, 1.165) is 0 Å². The number of carboxylic acids is 1. The maximum Gasteiger partial charge on any atom is 0.337 e. The first-order chi connectivity index (χ1) is 9.04. The minimum atomic E-state index is -1.68. The van der Waals surface area contributed by atoms with Gasteiger partial charge in [-0.05, 0) is 30.5 Å². The summed E-state index contributed by atoms with van der Waals surface area (Å²) < 4.78 is 0. The zero-order valence-corrected chi connectivity index (χ0v) is 11.1. The summed E-state index contributed by atoms with van der Waals surface area (Å²) in [5, 5.41) is 15.6. The summed E-state index contributed by atoms with van der Waals surface area (Å²) in [6.45, 7) is 1.38. The predicted octanol–water partition coefficient (Wildman–Crippen LogP) is 2.89. The van der Waals surface area contributed by atoms with Crippen LogP contribution in [0.4, 0.5) is 5.69 Å². The zero-order valence-electron chi connectivity index (χ0n) is 10.3. The van der Waals surface area contributed by atoms with E-state index in [1.165, 1.54) is 18.3 Å². The molecule has 0 fully saturated rings. The quantitative estimate of drug-likeness (QED) is 0.650. The number of anilines is 1. The van der Waals surface area contributed by atoms with Crippen molar-refractivity contribution in [2.75, 3.05) is 5.32 Å². The third-order valence-electron chi connectivity index (χ3n) is 2.83. The molecular formula is C14H13NO3S. The van der Waals surface area contributed by atoms with Crippen molar-refractivity contribution in [3.63, 3.8) is 0 Å². The number of para-hydroxylation sites is 1. The molecule has 0 saturated carbocycles. The molecule has 1 unspecified atom stereocenters. The van der Waals surface area contributed by atoms with Gasteiger partial charge in [0.25, 0.3) is 0 Å². The molecule has 98 valence electrons. The molecule has 0 aliphatic rings. The number of hydrogen-bond donors (Lipinski definition) is 2. The molecule has 0 radical (unpaired) electrons. The van der Waals surface area contributed by atoms with Gasteiger partial charge in [0.15, 0.2) is 11.3 Å². The van der Waals surface area contributed by atoms with E-state index in [2.05, 4.69) is 5.32 Å². The van der Waals surface area contributed by atoms with Gasteiger partial charge in [0.1, 0.15) is 0 Å². The van der Waals surface area contributed by atoms with Crippen molar-refractivity contribution in [1.29, 1.82) is 0 Å². The number of nitrogens with one attached hydrogen (secondary N) is 1. The summed E-state index contributed by atoms with van der Waals surface area (Å²) >= 11 is 1.36. The fourth-order valence-corrected chi connectivity index (χ4v) is 2.34. The molecule has 2 aromatic rings. The number of ketones is 1. The van der Waals surface area contributed by atoms with Crippen LogP contribution in [-0.2, 0) is 4.79 Å². The molecule has 4 nitrogen and oxygen atoms in total. The van der Waals surface area contributed by atoms with Gasteiger partial charge in [0.2, 0.25) is 0 Å². The van der Waals surface area contributed by atoms with Crippen LogP contribution in [0.5, 0.6) is 0 Å². The smallest absolute Gasteiger partial charge is 0.337 e. The van der Waals surface area contributed by atoms with Gasteiger partial charge in [0, 0.05) is 16.6 Å². The number of hydrogen-bond acceptors (Lipinski definition) is 4. The second-order valence-electron chi connectivity index (χ2n) is 4.26. The van der Waals surface area contributed by atoms with Crippen molar-refractivity contribution < 1.29 is 14.7 Å². The third-order valence-corrected chi connectivity index (χ3v) is 3.52. The Kier molecular flexibility index (Phi) is 3.66. The summed E-state index contributed by atoms with van der Waals surface area (Å²) in [5.74, 6) is -1.65. The minimum Gasteiger partial charge on any atom is -0.479 e. The van der Waals surface area contributed by atoms with Crippen LogP contribution in [0.25, 0.3) is 0 Å². The summed E-state index contributed by atoms with van der Waals surface area (Å²) in [7, 11) is 0. The van der Waals surface area contributed by atoms with E-state index in [-0.39, 0.29) is 0 Å². The highest BCUT2D eigenvalue weighted by molar-refractivity contribution is 7.08. The third kappa shape index (κ3) is 2.66. The fraction of sp³-hybridized carbons (Fsp3) is 0.143. The Morgan fingerprint density at radius 2 is 1.89 bits per heavy atom. The number of carbonyl (C=O) groups excluding carboxylic acids is 1. The number of benzene rings is 1. The second kappa shape index (κ2) is 5.24. The van der Waals surface area contributed by atoms with Gasteiger partial charge in [-0.25, -0.2) is 4.79 Å². The molecule has 1 atom stereocenters. The molecule has 0 bridgehead atoms. The first-order valence-corrected chi connectivity index (χ1v) is 6.62. The van der Waals surface area contributed by atoms with Gasteiger partial charge >= 0.3 is 5.97 Å². The maximum atomic E-state index is 12.3. The molecule has 0 saturated heterocycles. The molecule has 0 aliphatic carbocycles. The number of aliphatic carboxylic acids is 1. The molecule has 0 amide bonds. The van der Waals surface area contributed by atoms with Gasteiger partial charge in [-0.2, -0.15) is 11.3 Å². The summed E-state index contributed by atoms with van der Waals surface area (Å²) in [4.78, 5) is 23.8. The van der Waals surface area contributed by atoms with Crippen molar-refractivity contribution in [3.05, 3.63) is 52.7 Å². The molecule has 2 rings (SSSR count). The molecule has 5 heteroatoms. The molecular weight excluding hydrogens is 262 g/mol. The van der Waals surface area contributed by atoms with Crippen LogP contribution in [0.1, 0.15) is 17.3 Å². The van der Waals surface area contributed by atoms with E-state index in [1.807, 2.05) is 6.07 Å². The highest BCUT2D eigenvalue weighted by Gasteiger charge is 2.41. The van der Waals surface area contributed by atoms with E-state index in [4.69, 9.17) is 0 Å². The van der Waals surface area contributed by atoms with Crippen molar-refractivity contribution in [2.24, 2.45) is 0 Å². The van der Waals surface area contributed by atoms with Crippen LogP contribution in [-0.4, -0.2) is 22.4 Å². The fourth-order valence-electron chi connectivity index (χ4n) is 1.70. The van der Waals surface area contributed by atoms with Gasteiger partial charge in [-0.3, -0.25) is 4.79 Å². The van der Waals surface area contributed by atoms with E-state index in [9.17, 15) is 14.7 Å². The number of carboxylic acid groups (broad SMARTS) is 1. The Labute approximate surface area is 114 Å². The molecule has 1 heterocycles. The lowest BCUT2D eigenvalue weighted by molar-refractivity contribution is -0.139. The second-order valence-corrected chi connectivity index (χ2v) is 5.04. The van der Waals surface area contributed by atoms with Gasteiger partial charge in [-0.15, -0.1) is 0 Å². The van der Waals surface area contributed by atoms with Crippen LogP contribution in [0, 0.1) is 0 Å². The lowest BCUT2D eigenvalue weighted by Gasteiger charge is -2.25. The standard InChI is InChI=1S/C14H13NO3S/c1-14(13(17)18,12(16)10-7-8-19-9-10)15-11-5-3-2-4-6-11/h2-9,15H,1H3,(H,17,18). The average molecular weight is 275 g/mol. The topological polar surface area (TPSA) is 66.4 Å². The molecule has 1 aromatic heterocycles. The summed E-state index contributed by atoms with van der Waals surface area (Å²) in [6.07, 6.45) is 0. The maximum absolute atomic E-state index is 12.3. The molecule has 0 spiro atoms. The Bertz CT molecular complexity index is 580. The van der Waals surface area contributed by atoms with Crippen LogP contribution in [0.15, 0.2) is 47.2 Å². The SMILES string of the molecule is CC(Nc1ccccc1)(C(=O)O)C(=O)c1ccsc1. The average Bonchev–Trinajstić information content (AvgIpc) is 2.92. The lowest BCUT2D eigenvalue weighted by Crippen LogP contribution is -2.50. The van der Waals surface area contributed by atoms with Gasteiger partial charge in [-0.1, -0.05) is 18.2 Å². The molecule has 1 aromatic carbocycles. The normalized spacial score (nSPS) is 13.5. The van der Waals surface area contributed by atoms with Gasteiger partial charge < -0.3 is 10.4 Å². The first kappa shape index (κ1) is 13.3. The molecule has 0 aliphatic heterocycles. The Hall–Kier alpha value is -2.14. The van der Waals surface area contributed by atoms with Gasteiger partial charge in [0.05, 0.1) is 0 Å². The number of thiophene rings is 1. The van der Waals surface area contributed by atoms with Crippen molar-refractivity contribution in [3.8, 4) is 0 Å². The van der Waals surface area contributed by atoms with Crippen LogP contribution < -0.4 is 5.32 Å². The largest absolute Gasteiger partial charge is 0.479 e. The van der Waals surface area contributed by atoms with Crippen LogP contribution >= 0.6 is 11.3 Å². The van der Waals surface area contributed by atoms with Crippen LogP contribution in [0.3, 0.4) is 0 Å². The highest BCUT2D eigenvalue weighted by Crippen LogP contribution is 2.21. The first-order valence-electron chi connectivity index (χ1n) is 5.67. The Morgan fingerprint density at radius 1 is 1.21 bits per heavy atom. The minimum absolute atomic E-state index is 0.401. The zero-order chi connectivity index (χ0) is 13.9. The Balaban J connectivity index is 2.33. The lowest BCUT2D eigenvalue weighted by atomic mass is 9.92. The summed E-state index contributed by atoms with van der Waals surface area (Å²) in [6, 6.07) is 10.5. The Morgan fingerprint density at radius 3 is 2.42 bits per heavy atom. The van der Waals surface area contributed by atoms with Crippen molar-refractivity contribution >= 4 is 28.8 Å². The van der Waals surface area contributed by atoms with Crippen LogP contribution in [0.2, 0.25) is 0 Å². The van der Waals surface area contributed by atoms with E-state index in [0.29, 0.717) is 11.3 Å². The number of rotatable bonds is 5. The number of Topliss-reactive ketones (excluding diaryl/α,β-unsaturated/α-hetero) is 1. The monoisotopic (exact) mass is 275 g/mol. The van der Waals surface area contributed by atoms with Crippen molar-refractivity contribution in [2.45, 2.75) is 12.5 Å². The number of carbonyl (C=O) groups is 2. The molecule has 2 N–H and O–H groups in total. The van der Waals surface area contributed by atoms with E-state index in [1.54, 1.807) is 41.1 Å². The summed E-state index contributed by atoms with van der Waals surface area (Å²) in [5.41, 5.74) is -0.683. The molecule has 19 heavy (non-hydrogen) atoms. The van der Waals surface area contributed by atoms with E-state index >= 15 is 0 Å². The van der Waals surface area contributed by atoms with E-state index < -0.39 is 17.3 Å². The highest BCUT2D eigenvalue weighted by atomic mass is 32.1.